The van der Waals surface area contributed by atoms with Crippen molar-refractivity contribution in [1.82, 2.24) is 0 Å². The Balaban J connectivity index is 1.62. The van der Waals surface area contributed by atoms with E-state index in [0.717, 1.165) is 27.8 Å². The number of anilines is 3. The summed E-state index contributed by atoms with van der Waals surface area (Å²) >= 11 is 0. The summed E-state index contributed by atoms with van der Waals surface area (Å²) in [4.78, 5) is 13.6. The Hall–Kier alpha value is -4.25. The van der Waals surface area contributed by atoms with Crippen molar-refractivity contribution in [3.8, 4) is 11.5 Å². The quantitative estimate of drug-likeness (QED) is 0.193. The number of nitrogens with zero attached hydrogens (tertiary/aromatic N) is 1. The number of rotatable bonds is 8. The summed E-state index contributed by atoms with van der Waals surface area (Å²) in [5.41, 5.74) is 3.11. The van der Waals surface area contributed by atoms with Crippen molar-refractivity contribution >= 4 is 33.8 Å². The Kier molecular flexibility index (Phi) is 6.60. The zero-order valence-electron chi connectivity index (χ0n) is 18.4. The summed E-state index contributed by atoms with van der Waals surface area (Å²) < 4.78 is 10.8. The first-order valence-electron chi connectivity index (χ1n) is 10.7. The number of aromatic hydroxyl groups is 1. The van der Waals surface area contributed by atoms with Gasteiger partial charge >= 0.3 is 5.97 Å². The third kappa shape index (κ3) is 5.15. The van der Waals surface area contributed by atoms with Crippen molar-refractivity contribution in [3.63, 3.8) is 0 Å². The summed E-state index contributed by atoms with van der Waals surface area (Å²) in [5, 5.41) is 12.3. The minimum Gasteiger partial charge on any atom is -0.508 e. The van der Waals surface area contributed by atoms with E-state index >= 15 is 0 Å². The maximum absolute atomic E-state index is 11.5. The number of carbonyl (C=O) groups is 1. The fourth-order valence-electron chi connectivity index (χ4n) is 3.57. The Morgan fingerprint density at radius 2 is 1.61 bits per heavy atom. The van der Waals surface area contributed by atoms with Gasteiger partial charge in [-0.1, -0.05) is 49.0 Å². The second-order valence-electron chi connectivity index (χ2n) is 7.61. The molecule has 1 N–H and O–H groups in total. The molecule has 4 aromatic rings. The van der Waals surface area contributed by atoms with E-state index in [9.17, 15) is 9.90 Å². The number of carbonyl (C=O) groups excluding carboxylic acids is 1. The molecule has 5 heteroatoms. The molecule has 0 amide bonds. The van der Waals surface area contributed by atoms with Crippen molar-refractivity contribution in [1.29, 1.82) is 0 Å². The Morgan fingerprint density at radius 1 is 0.879 bits per heavy atom. The average Bonchev–Trinajstić information content (AvgIpc) is 2.83. The number of fused-ring (bicyclic) bond motifs is 1. The molecule has 0 aromatic heterocycles. The van der Waals surface area contributed by atoms with Crippen molar-refractivity contribution in [2.75, 3.05) is 18.1 Å². The number of hydrogen-bond acceptors (Lipinski definition) is 5. The molecule has 0 atom stereocenters. The van der Waals surface area contributed by atoms with E-state index in [1.807, 2.05) is 54.6 Å². The molecule has 0 saturated carbocycles. The van der Waals surface area contributed by atoms with Crippen LogP contribution >= 0.6 is 0 Å². The maximum Gasteiger partial charge on any atom is 0.333 e. The molecule has 4 rings (SSSR count). The van der Waals surface area contributed by atoms with E-state index < -0.39 is 5.97 Å². The highest BCUT2D eigenvalue weighted by Crippen LogP contribution is 2.40. The van der Waals surface area contributed by atoms with Crippen LogP contribution in [0.4, 0.5) is 17.1 Å². The summed E-state index contributed by atoms with van der Waals surface area (Å²) in [7, 11) is 0. The monoisotopic (exact) mass is 439 g/mol. The lowest BCUT2D eigenvalue weighted by atomic mass is 10.1. The van der Waals surface area contributed by atoms with Crippen LogP contribution in [0.2, 0.25) is 0 Å². The van der Waals surface area contributed by atoms with Crippen molar-refractivity contribution in [2.24, 2.45) is 0 Å². The molecule has 0 spiro atoms. The van der Waals surface area contributed by atoms with Crippen LogP contribution in [0, 0.1) is 0 Å². The molecule has 0 saturated heterocycles. The van der Waals surface area contributed by atoms with Gasteiger partial charge in [-0.2, -0.15) is 0 Å². The smallest absolute Gasteiger partial charge is 0.333 e. The number of phenolic OH excluding ortho intramolecular Hbond substituents is 1. The molecule has 0 heterocycles. The fraction of sp³-hybridized carbons (Fsp3) is 0.107. The van der Waals surface area contributed by atoms with Gasteiger partial charge in [0.25, 0.3) is 0 Å². The first kappa shape index (κ1) is 22.0. The third-order valence-corrected chi connectivity index (χ3v) is 5.12. The van der Waals surface area contributed by atoms with Crippen molar-refractivity contribution < 1.29 is 19.4 Å². The normalized spacial score (nSPS) is 10.6. The molecule has 0 radical (unpaired) electrons. The largest absolute Gasteiger partial charge is 0.508 e. The number of esters is 1. The van der Waals surface area contributed by atoms with Gasteiger partial charge in [-0.05, 0) is 54.8 Å². The van der Waals surface area contributed by atoms with Crippen LogP contribution in [0.5, 0.6) is 11.5 Å². The van der Waals surface area contributed by atoms with E-state index in [0.29, 0.717) is 11.3 Å². The predicted octanol–water partition coefficient (Wildman–Crippen LogP) is 6.51. The summed E-state index contributed by atoms with van der Waals surface area (Å²) in [5.74, 6) is 0.437. The number of phenols is 1. The fourth-order valence-corrected chi connectivity index (χ4v) is 3.57. The van der Waals surface area contributed by atoms with Gasteiger partial charge in [0.05, 0.1) is 5.69 Å². The van der Waals surface area contributed by atoms with Crippen molar-refractivity contribution in [2.45, 2.75) is 6.92 Å². The van der Waals surface area contributed by atoms with Crippen LogP contribution in [0.3, 0.4) is 0 Å². The Bertz CT molecular complexity index is 1280. The van der Waals surface area contributed by atoms with E-state index in [2.05, 4.69) is 35.7 Å². The maximum atomic E-state index is 11.5. The lowest BCUT2D eigenvalue weighted by molar-refractivity contribution is -0.139. The number of hydrogen-bond donors (Lipinski definition) is 1. The van der Waals surface area contributed by atoms with E-state index in [4.69, 9.17) is 9.47 Å². The zero-order valence-corrected chi connectivity index (χ0v) is 18.4. The molecule has 5 nitrogen and oxygen atoms in total. The molecule has 33 heavy (non-hydrogen) atoms. The van der Waals surface area contributed by atoms with Crippen LogP contribution in [0.15, 0.2) is 103 Å². The molecule has 0 bridgehead atoms. The first-order valence-corrected chi connectivity index (χ1v) is 10.7. The van der Waals surface area contributed by atoms with Gasteiger partial charge in [0.2, 0.25) is 0 Å². The van der Waals surface area contributed by atoms with Crippen LogP contribution in [0.1, 0.15) is 6.92 Å². The van der Waals surface area contributed by atoms with Gasteiger partial charge in [0.15, 0.2) is 0 Å². The van der Waals surface area contributed by atoms with Gasteiger partial charge in [0, 0.05) is 28.4 Å². The Morgan fingerprint density at radius 3 is 2.36 bits per heavy atom. The topological polar surface area (TPSA) is 59.0 Å². The molecular weight excluding hydrogens is 414 g/mol. The SMILES string of the molecule is C=C(C)C(=O)OCCOc1ccc(N(c2cccc(O)c2)c2cccc3ccccc23)cc1. The molecule has 0 aliphatic carbocycles. The summed E-state index contributed by atoms with van der Waals surface area (Å²) in [6.45, 7) is 5.56. The molecule has 166 valence electrons. The van der Waals surface area contributed by atoms with Gasteiger partial charge in [-0.15, -0.1) is 0 Å². The molecule has 0 fully saturated rings. The second kappa shape index (κ2) is 9.92. The van der Waals surface area contributed by atoms with Gasteiger partial charge < -0.3 is 19.5 Å². The van der Waals surface area contributed by atoms with E-state index in [-0.39, 0.29) is 19.0 Å². The van der Waals surface area contributed by atoms with Crippen LogP contribution in [-0.2, 0) is 9.53 Å². The standard InChI is InChI=1S/C28H25NO4/c1-20(2)28(31)33-18-17-32-25-15-13-22(14-16-25)29(23-9-6-10-24(30)19-23)27-12-5-8-21-7-3-4-11-26(21)27/h3-16,19,30H,1,17-18H2,2H3. The highest BCUT2D eigenvalue weighted by molar-refractivity contribution is 5.98. The number of ether oxygens (including phenoxy) is 2. The van der Waals surface area contributed by atoms with Crippen LogP contribution in [0.25, 0.3) is 10.8 Å². The van der Waals surface area contributed by atoms with Gasteiger partial charge in [-0.25, -0.2) is 4.79 Å². The summed E-state index contributed by atoms with van der Waals surface area (Å²) in [6.07, 6.45) is 0. The highest BCUT2D eigenvalue weighted by Gasteiger charge is 2.15. The minimum absolute atomic E-state index is 0.152. The lowest BCUT2D eigenvalue weighted by Gasteiger charge is -2.27. The lowest BCUT2D eigenvalue weighted by Crippen LogP contribution is -2.12. The third-order valence-electron chi connectivity index (χ3n) is 5.12. The summed E-state index contributed by atoms with van der Waals surface area (Å²) in [6, 6.07) is 29.2. The molecule has 4 aromatic carbocycles. The van der Waals surface area contributed by atoms with Gasteiger partial charge in [0.1, 0.15) is 24.7 Å². The average molecular weight is 440 g/mol. The first-order chi connectivity index (χ1) is 16.0. The molecule has 0 unspecified atom stereocenters. The molecule has 0 aliphatic heterocycles. The molecule has 0 aliphatic rings. The zero-order chi connectivity index (χ0) is 23.2. The predicted molar refractivity (Wildman–Crippen MR) is 132 cm³/mol. The highest BCUT2D eigenvalue weighted by atomic mass is 16.6. The van der Waals surface area contributed by atoms with E-state index in [1.54, 1.807) is 19.1 Å². The van der Waals surface area contributed by atoms with Gasteiger partial charge in [-0.3, -0.25) is 0 Å². The minimum atomic E-state index is -0.425. The molecular formula is C28H25NO4. The Labute approximate surface area is 193 Å². The second-order valence-corrected chi connectivity index (χ2v) is 7.61. The van der Waals surface area contributed by atoms with Crippen LogP contribution < -0.4 is 9.64 Å². The number of benzene rings is 4. The van der Waals surface area contributed by atoms with Crippen LogP contribution in [-0.4, -0.2) is 24.3 Å². The van der Waals surface area contributed by atoms with Crippen molar-refractivity contribution in [3.05, 3.63) is 103 Å². The van der Waals surface area contributed by atoms with E-state index in [1.165, 1.54) is 0 Å².